The van der Waals surface area contributed by atoms with Crippen LogP contribution in [0.4, 0.5) is 24.7 Å². The molecule has 6 rings (SSSR count). The Labute approximate surface area is 276 Å². The van der Waals surface area contributed by atoms with Crippen molar-refractivity contribution in [3.05, 3.63) is 42.2 Å². The van der Waals surface area contributed by atoms with Crippen molar-refractivity contribution >= 4 is 28.6 Å². The maximum atomic E-state index is 13.9. The first-order valence-corrected chi connectivity index (χ1v) is 16.2. The van der Waals surface area contributed by atoms with Gasteiger partial charge in [0.1, 0.15) is 22.8 Å². The number of anilines is 2. The molecule has 3 aromatic heterocycles. The van der Waals surface area contributed by atoms with E-state index in [0.29, 0.717) is 73.3 Å². The Balaban J connectivity index is 1.39. The first kappa shape index (κ1) is 33.4. The number of hydrogen-bond acceptors (Lipinski definition) is 9. The van der Waals surface area contributed by atoms with Gasteiger partial charge in [-0.25, -0.2) is 19.9 Å². The molecule has 1 saturated carbocycles. The highest BCUT2D eigenvalue weighted by Crippen LogP contribution is 2.42. The zero-order valence-corrected chi connectivity index (χ0v) is 27.3. The molecule has 14 heteroatoms. The fourth-order valence-corrected chi connectivity index (χ4v) is 7.03. The fraction of sp³-hybridized carbons (Fsp3) is 0.500. The van der Waals surface area contributed by atoms with Crippen molar-refractivity contribution in [2.45, 2.75) is 51.6 Å². The summed E-state index contributed by atoms with van der Waals surface area (Å²) < 4.78 is 53.0. The van der Waals surface area contributed by atoms with Gasteiger partial charge in [0, 0.05) is 44.8 Å². The molecular formula is C34H40F3N7O4. The van der Waals surface area contributed by atoms with Crippen molar-refractivity contribution in [1.29, 1.82) is 0 Å². The first-order valence-electron chi connectivity index (χ1n) is 16.2. The van der Waals surface area contributed by atoms with Gasteiger partial charge in [0.25, 0.3) is 0 Å². The van der Waals surface area contributed by atoms with Crippen molar-refractivity contribution in [2.24, 2.45) is 11.3 Å². The van der Waals surface area contributed by atoms with E-state index >= 15 is 0 Å². The molecule has 0 bridgehead atoms. The van der Waals surface area contributed by atoms with E-state index < -0.39 is 17.7 Å². The molecule has 0 unspecified atom stereocenters. The summed E-state index contributed by atoms with van der Waals surface area (Å²) >= 11 is 0. The van der Waals surface area contributed by atoms with Crippen LogP contribution in [0.3, 0.4) is 0 Å². The van der Waals surface area contributed by atoms with Crippen molar-refractivity contribution in [3.63, 3.8) is 0 Å². The van der Waals surface area contributed by atoms with Crippen LogP contribution in [0.2, 0.25) is 0 Å². The Morgan fingerprint density at radius 1 is 1.08 bits per heavy atom. The van der Waals surface area contributed by atoms with Crippen molar-refractivity contribution < 1.29 is 32.5 Å². The van der Waals surface area contributed by atoms with Gasteiger partial charge >= 0.3 is 12.1 Å². The molecular weight excluding hydrogens is 627 g/mol. The van der Waals surface area contributed by atoms with Gasteiger partial charge in [-0.1, -0.05) is 12.8 Å². The summed E-state index contributed by atoms with van der Waals surface area (Å²) in [5.41, 5.74) is 1.87. The van der Waals surface area contributed by atoms with Gasteiger partial charge in [0.15, 0.2) is 11.5 Å². The van der Waals surface area contributed by atoms with E-state index in [4.69, 9.17) is 19.4 Å². The lowest BCUT2D eigenvalue weighted by Gasteiger charge is -2.34. The number of aromatic amines is 1. The number of benzene rings is 1. The van der Waals surface area contributed by atoms with Crippen LogP contribution >= 0.6 is 0 Å². The lowest BCUT2D eigenvalue weighted by molar-refractivity contribution is -0.142. The van der Waals surface area contributed by atoms with Crippen molar-refractivity contribution in [3.8, 4) is 28.5 Å². The van der Waals surface area contributed by atoms with E-state index in [2.05, 4.69) is 19.9 Å². The predicted octanol–water partition coefficient (Wildman–Crippen LogP) is 6.44. The number of H-pyrrole nitrogens is 1. The molecule has 0 spiro atoms. The Kier molecular flexibility index (Phi) is 9.46. The topological polar surface area (TPSA) is 130 Å². The Morgan fingerprint density at radius 2 is 1.83 bits per heavy atom. The minimum Gasteiger partial charge on any atom is -0.494 e. The quantitative estimate of drug-likeness (QED) is 0.184. The average molecular weight is 668 g/mol. The lowest BCUT2D eigenvalue weighted by Crippen LogP contribution is -2.37. The van der Waals surface area contributed by atoms with Gasteiger partial charge in [-0.05, 0) is 56.9 Å². The van der Waals surface area contributed by atoms with Crippen molar-refractivity contribution in [2.75, 3.05) is 56.8 Å². The van der Waals surface area contributed by atoms with Gasteiger partial charge in [0.2, 0.25) is 0 Å². The highest BCUT2D eigenvalue weighted by Gasteiger charge is 2.36. The number of nitrogens with zero attached hydrogens (tertiary/aromatic N) is 6. The van der Waals surface area contributed by atoms with Gasteiger partial charge in [-0.3, -0.25) is 4.79 Å². The molecule has 2 N–H and O–H groups in total. The van der Waals surface area contributed by atoms with Gasteiger partial charge < -0.3 is 29.4 Å². The number of alkyl halides is 3. The number of halogens is 3. The summed E-state index contributed by atoms with van der Waals surface area (Å²) in [7, 11) is 3.67. The Bertz CT molecular complexity index is 1750. The summed E-state index contributed by atoms with van der Waals surface area (Å²) in [4.78, 5) is 37.5. The molecule has 2 aliphatic rings. The number of piperidine rings is 1. The molecule has 1 aliphatic carbocycles. The number of aliphatic carboxylic acids is 1. The first-order chi connectivity index (χ1) is 23.0. The van der Waals surface area contributed by atoms with E-state index in [1.54, 1.807) is 38.6 Å². The molecule has 0 atom stereocenters. The number of rotatable bonds is 11. The summed E-state index contributed by atoms with van der Waals surface area (Å²) in [5.74, 6) is 0.0409. The fourth-order valence-electron chi connectivity index (χ4n) is 7.03. The molecule has 1 saturated heterocycles. The number of carboxylic acid groups (broad SMARTS) is 1. The average Bonchev–Trinajstić information content (AvgIpc) is 3.71. The SMILES string of the molecule is CCOc1cc(-c2cc(N(C)CC3(COC)CCCC3)c3[nH]c(-c4cnc(N5CCC(C(=O)O)CC5)cn4)nc3n2)cc(C(F)(F)F)c1. The number of imidazole rings is 1. The van der Waals surface area contributed by atoms with Crippen LogP contribution in [0.1, 0.15) is 51.0 Å². The summed E-state index contributed by atoms with van der Waals surface area (Å²) in [6.07, 6.45) is 4.00. The predicted molar refractivity (Wildman–Crippen MR) is 175 cm³/mol. The van der Waals surface area contributed by atoms with Crippen LogP contribution in [0.25, 0.3) is 33.9 Å². The molecule has 4 heterocycles. The van der Waals surface area contributed by atoms with E-state index in [1.165, 1.54) is 0 Å². The molecule has 11 nitrogen and oxygen atoms in total. The number of ether oxygens (including phenoxy) is 2. The van der Waals surface area contributed by atoms with Gasteiger partial charge in [-0.2, -0.15) is 13.2 Å². The number of pyridine rings is 1. The zero-order valence-electron chi connectivity index (χ0n) is 27.3. The number of carboxylic acids is 1. The second kappa shape index (κ2) is 13.6. The molecule has 0 amide bonds. The largest absolute Gasteiger partial charge is 0.494 e. The number of hydrogen-bond donors (Lipinski definition) is 2. The summed E-state index contributed by atoms with van der Waals surface area (Å²) in [6, 6.07) is 5.44. The van der Waals surface area contributed by atoms with E-state index in [9.17, 15) is 23.1 Å². The molecule has 48 heavy (non-hydrogen) atoms. The van der Waals surface area contributed by atoms with E-state index in [0.717, 1.165) is 43.5 Å². The van der Waals surface area contributed by atoms with E-state index in [-0.39, 0.29) is 29.3 Å². The minimum atomic E-state index is -4.57. The lowest BCUT2D eigenvalue weighted by atomic mass is 9.86. The van der Waals surface area contributed by atoms with Gasteiger partial charge in [-0.15, -0.1) is 0 Å². The van der Waals surface area contributed by atoms with Crippen LogP contribution in [-0.4, -0.2) is 83.0 Å². The number of carbonyl (C=O) groups is 1. The Hall–Kier alpha value is -4.46. The normalized spacial score (nSPS) is 16.8. The second-order valence-corrected chi connectivity index (χ2v) is 12.8. The van der Waals surface area contributed by atoms with Crippen molar-refractivity contribution in [1.82, 2.24) is 24.9 Å². The number of nitrogens with one attached hydrogen (secondary N) is 1. The maximum Gasteiger partial charge on any atom is 0.416 e. The van der Waals surface area contributed by atoms with Crippen LogP contribution in [0.5, 0.6) is 5.75 Å². The molecule has 1 aromatic carbocycles. The minimum absolute atomic E-state index is 0.0549. The van der Waals surface area contributed by atoms with E-state index in [1.807, 2.05) is 11.9 Å². The zero-order chi connectivity index (χ0) is 34.1. The highest BCUT2D eigenvalue weighted by molar-refractivity contribution is 5.91. The number of aromatic nitrogens is 5. The summed E-state index contributed by atoms with van der Waals surface area (Å²) in [5, 5.41) is 9.32. The third-order valence-corrected chi connectivity index (χ3v) is 9.43. The van der Waals surface area contributed by atoms with Crippen LogP contribution in [0, 0.1) is 11.3 Å². The van der Waals surface area contributed by atoms with Crippen LogP contribution in [0.15, 0.2) is 36.7 Å². The van der Waals surface area contributed by atoms with Crippen LogP contribution < -0.4 is 14.5 Å². The Morgan fingerprint density at radius 3 is 2.46 bits per heavy atom. The number of fused-ring (bicyclic) bond motifs is 1. The molecule has 2 fully saturated rings. The molecule has 256 valence electrons. The highest BCUT2D eigenvalue weighted by atomic mass is 19.4. The molecule has 1 aliphatic heterocycles. The summed E-state index contributed by atoms with van der Waals surface area (Å²) in [6.45, 7) is 4.36. The monoisotopic (exact) mass is 667 g/mol. The molecule has 0 radical (unpaired) electrons. The molecule has 4 aromatic rings. The third-order valence-electron chi connectivity index (χ3n) is 9.43. The third kappa shape index (κ3) is 7.03. The van der Waals surface area contributed by atoms with Crippen LogP contribution in [-0.2, 0) is 15.7 Å². The smallest absolute Gasteiger partial charge is 0.416 e. The van der Waals surface area contributed by atoms with Gasteiger partial charge in [0.05, 0.1) is 48.5 Å². The maximum absolute atomic E-state index is 13.9. The standard InChI is InChI=1S/C34H40F3N7O4/c1-4-48-24-14-22(13-23(15-24)34(35,36)37)25-16-27(43(2)19-33(20-47-3)9-5-6-10-33)29-31(40-25)42-30(41-29)26-17-39-28(18-38-26)44-11-7-21(8-12-44)32(45)46/h13-18,21H,4-12,19-20H2,1-3H3,(H,45,46)(H,40,41,42). The second-order valence-electron chi connectivity index (χ2n) is 12.8. The number of methoxy groups -OCH3 is 1.